The molecule has 192 valence electrons. The minimum absolute atomic E-state index is 0.0760. The summed E-state index contributed by atoms with van der Waals surface area (Å²) in [6.07, 6.45) is 3.22. The van der Waals surface area contributed by atoms with E-state index in [4.69, 9.17) is 11.6 Å². The van der Waals surface area contributed by atoms with Crippen LogP contribution < -0.4 is 16.0 Å². The number of anilines is 2. The van der Waals surface area contributed by atoms with Crippen LogP contribution in [0.2, 0.25) is 5.02 Å². The number of thioether (sulfide) groups is 1. The maximum atomic E-state index is 13.2. The Morgan fingerprint density at radius 3 is 2.32 bits per heavy atom. The van der Waals surface area contributed by atoms with Gasteiger partial charge in [-0.15, -0.1) is 23.1 Å². The second kappa shape index (κ2) is 13.0. The number of hydrogen-bond acceptors (Lipinski definition) is 6. The Kier molecular flexibility index (Phi) is 9.31. The first kappa shape index (κ1) is 27.1. The van der Waals surface area contributed by atoms with E-state index in [9.17, 15) is 14.4 Å². The highest BCUT2D eigenvalue weighted by atomic mass is 35.5. The number of nitrogens with zero attached hydrogens (tertiary/aromatic N) is 1. The number of benzene rings is 3. The molecule has 38 heavy (non-hydrogen) atoms. The number of thiazole rings is 1. The van der Waals surface area contributed by atoms with Crippen LogP contribution in [0.1, 0.15) is 22.8 Å². The molecule has 0 unspecified atom stereocenters. The molecular weight excluding hydrogens is 540 g/mol. The third-order valence-corrected chi connectivity index (χ3v) is 7.22. The second-order valence-electron chi connectivity index (χ2n) is 7.99. The minimum Gasteiger partial charge on any atom is -0.321 e. The maximum absolute atomic E-state index is 13.2. The highest BCUT2D eigenvalue weighted by Crippen LogP contribution is 2.26. The fourth-order valence-electron chi connectivity index (χ4n) is 3.23. The van der Waals surface area contributed by atoms with Crippen molar-refractivity contribution >= 4 is 69.3 Å². The van der Waals surface area contributed by atoms with Crippen LogP contribution in [0.4, 0.5) is 10.8 Å². The van der Waals surface area contributed by atoms with E-state index in [2.05, 4.69) is 20.9 Å². The van der Waals surface area contributed by atoms with Crippen LogP contribution in [0.15, 0.2) is 101 Å². The van der Waals surface area contributed by atoms with Crippen LogP contribution >= 0.6 is 34.7 Å². The van der Waals surface area contributed by atoms with Gasteiger partial charge in [0.1, 0.15) is 5.70 Å². The van der Waals surface area contributed by atoms with E-state index in [0.717, 1.165) is 4.90 Å². The van der Waals surface area contributed by atoms with Gasteiger partial charge in [-0.05, 0) is 67.1 Å². The predicted octanol–water partition coefficient (Wildman–Crippen LogP) is 6.33. The third kappa shape index (κ3) is 7.79. The maximum Gasteiger partial charge on any atom is 0.272 e. The lowest BCUT2D eigenvalue weighted by Crippen LogP contribution is -2.30. The van der Waals surface area contributed by atoms with Gasteiger partial charge in [-0.2, -0.15) is 0 Å². The second-order valence-corrected chi connectivity index (χ2v) is 10.7. The van der Waals surface area contributed by atoms with Crippen molar-refractivity contribution in [1.82, 2.24) is 10.3 Å². The number of halogens is 1. The largest absolute Gasteiger partial charge is 0.321 e. The molecule has 0 radical (unpaired) electrons. The molecule has 3 N–H and O–H groups in total. The number of aromatic nitrogens is 1. The number of carbonyl (C=O) groups excluding carboxylic acids is 3. The molecule has 0 spiro atoms. The van der Waals surface area contributed by atoms with Gasteiger partial charge < -0.3 is 16.0 Å². The summed E-state index contributed by atoms with van der Waals surface area (Å²) >= 11 is 8.73. The zero-order valence-electron chi connectivity index (χ0n) is 20.2. The summed E-state index contributed by atoms with van der Waals surface area (Å²) in [7, 11) is 0. The Hall–Kier alpha value is -3.92. The molecule has 0 fully saturated rings. The number of carbonyl (C=O) groups is 3. The number of nitrogens with one attached hydrogen (secondary N) is 3. The smallest absolute Gasteiger partial charge is 0.272 e. The van der Waals surface area contributed by atoms with Crippen LogP contribution in [0, 0.1) is 0 Å². The molecule has 3 amide bonds. The summed E-state index contributed by atoms with van der Waals surface area (Å²) in [5, 5.41) is 10.9. The Labute approximate surface area is 233 Å². The van der Waals surface area contributed by atoms with E-state index < -0.39 is 11.8 Å². The molecule has 0 saturated heterocycles. The summed E-state index contributed by atoms with van der Waals surface area (Å²) in [5.74, 6) is -1.04. The lowest BCUT2D eigenvalue weighted by atomic mass is 10.1. The molecule has 7 nitrogen and oxygen atoms in total. The van der Waals surface area contributed by atoms with E-state index in [1.165, 1.54) is 23.1 Å². The fraction of sp³-hybridized carbons (Fsp3) is 0.0714. The lowest BCUT2D eigenvalue weighted by Gasteiger charge is -2.13. The van der Waals surface area contributed by atoms with E-state index >= 15 is 0 Å². The van der Waals surface area contributed by atoms with Gasteiger partial charge in [-0.3, -0.25) is 14.4 Å². The van der Waals surface area contributed by atoms with E-state index in [1.807, 2.05) is 25.1 Å². The van der Waals surface area contributed by atoms with Gasteiger partial charge in [0.15, 0.2) is 5.13 Å². The van der Waals surface area contributed by atoms with Crippen LogP contribution in [0.5, 0.6) is 0 Å². The molecule has 1 aromatic heterocycles. The monoisotopic (exact) mass is 562 g/mol. The third-order valence-electron chi connectivity index (χ3n) is 5.17. The topological polar surface area (TPSA) is 100 Å². The molecule has 0 aliphatic heterocycles. The van der Waals surface area contributed by atoms with E-state index in [1.54, 1.807) is 78.3 Å². The fourth-order valence-corrected chi connectivity index (χ4v) is 4.76. The Balaban J connectivity index is 1.44. The van der Waals surface area contributed by atoms with Crippen molar-refractivity contribution < 1.29 is 14.4 Å². The first-order valence-electron chi connectivity index (χ1n) is 11.5. The molecule has 0 aliphatic carbocycles. The minimum atomic E-state index is -0.485. The quantitative estimate of drug-likeness (QED) is 0.164. The van der Waals surface area contributed by atoms with Gasteiger partial charge in [-0.25, -0.2) is 4.98 Å². The van der Waals surface area contributed by atoms with Crippen molar-refractivity contribution in [2.45, 2.75) is 17.1 Å². The Morgan fingerprint density at radius 2 is 1.66 bits per heavy atom. The summed E-state index contributed by atoms with van der Waals surface area (Å²) in [6, 6.07) is 22.7. The van der Waals surface area contributed by atoms with Crippen molar-refractivity contribution in [3.8, 4) is 0 Å². The molecule has 0 aliphatic rings. The van der Waals surface area contributed by atoms with Crippen LogP contribution in [0.3, 0.4) is 0 Å². The van der Waals surface area contributed by atoms with Crippen LogP contribution in [-0.4, -0.2) is 28.0 Å². The number of rotatable bonds is 9. The van der Waals surface area contributed by atoms with Crippen LogP contribution in [0.25, 0.3) is 6.08 Å². The van der Waals surface area contributed by atoms with Gasteiger partial charge in [0.2, 0.25) is 5.91 Å². The molecule has 3 aromatic carbocycles. The van der Waals surface area contributed by atoms with Crippen molar-refractivity contribution in [3.63, 3.8) is 0 Å². The molecule has 0 bridgehead atoms. The first-order valence-corrected chi connectivity index (χ1v) is 13.6. The Bertz CT molecular complexity index is 1430. The van der Waals surface area contributed by atoms with Gasteiger partial charge in [0.25, 0.3) is 11.8 Å². The van der Waals surface area contributed by atoms with E-state index in [0.29, 0.717) is 27.0 Å². The highest BCUT2D eigenvalue weighted by molar-refractivity contribution is 8.00. The standard InChI is InChI=1S/C28H23ClN4O3S2/c1-18(25(34)33-28-30-15-16-37-28)38-23-13-11-22(12-14-23)31-27(36)24(17-19-7-9-21(29)10-8-19)32-26(35)20-5-3-2-4-6-20/h2-18H,1H3,(H,31,36)(H,32,35)(H,30,33,34)/b24-17-/t18-/m0/s1. The summed E-state index contributed by atoms with van der Waals surface area (Å²) in [5.41, 5.74) is 1.74. The average Bonchev–Trinajstić information content (AvgIpc) is 3.44. The Morgan fingerprint density at radius 1 is 0.947 bits per heavy atom. The van der Waals surface area contributed by atoms with Crippen molar-refractivity contribution in [2.75, 3.05) is 10.6 Å². The summed E-state index contributed by atoms with van der Waals surface area (Å²) < 4.78 is 0. The van der Waals surface area contributed by atoms with Crippen molar-refractivity contribution in [1.29, 1.82) is 0 Å². The van der Waals surface area contributed by atoms with E-state index in [-0.39, 0.29) is 16.9 Å². The normalized spacial score (nSPS) is 11.9. The molecule has 4 rings (SSSR count). The lowest BCUT2D eigenvalue weighted by molar-refractivity contribution is -0.115. The first-order chi connectivity index (χ1) is 18.4. The molecule has 10 heteroatoms. The number of amides is 3. The van der Waals surface area contributed by atoms with Crippen LogP contribution in [-0.2, 0) is 9.59 Å². The van der Waals surface area contributed by atoms with Gasteiger partial charge in [-0.1, -0.05) is 41.9 Å². The number of hydrogen-bond donors (Lipinski definition) is 3. The highest BCUT2D eigenvalue weighted by Gasteiger charge is 2.17. The molecule has 1 atom stereocenters. The van der Waals surface area contributed by atoms with Gasteiger partial charge >= 0.3 is 0 Å². The van der Waals surface area contributed by atoms with Crippen molar-refractivity contribution in [2.24, 2.45) is 0 Å². The molecule has 0 saturated carbocycles. The molecule has 4 aromatic rings. The average molecular weight is 563 g/mol. The van der Waals surface area contributed by atoms with Gasteiger partial charge in [0, 0.05) is 32.7 Å². The van der Waals surface area contributed by atoms with Gasteiger partial charge in [0.05, 0.1) is 5.25 Å². The summed E-state index contributed by atoms with van der Waals surface area (Å²) in [6.45, 7) is 1.81. The summed E-state index contributed by atoms with van der Waals surface area (Å²) in [4.78, 5) is 43.3. The zero-order chi connectivity index (χ0) is 26.9. The molecular formula is C28H23ClN4O3S2. The zero-order valence-corrected chi connectivity index (χ0v) is 22.6. The predicted molar refractivity (Wildman–Crippen MR) is 154 cm³/mol. The molecule has 1 heterocycles. The van der Waals surface area contributed by atoms with Crippen molar-refractivity contribution in [3.05, 3.63) is 112 Å². The SMILES string of the molecule is C[C@H](Sc1ccc(NC(=O)/C(=C/c2ccc(Cl)cc2)NC(=O)c2ccccc2)cc1)C(=O)Nc1nccs1.